The van der Waals surface area contributed by atoms with Gasteiger partial charge >= 0.3 is 17.9 Å². The van der Waals surface area contributed by atoms with E-state index in [1.54, 1.807) is 20.8 Å². The van der Waals surface area contributed by atoms with E-state index >= 15 is 0 Å². The van der Waals surface area contributed by atoms with Crippen LogP contribution in [0.25, 0.3) is 0 Å². The van der Waals surface area contributed by atoms with E-state index in [0.717, 1.165) is 17.8 Å². The molecule has 0 rings (SSSR count). The molecule has 0 aliphatic rings. The normalized spacial score (nSPS) is 10.8. The lowest BCUT2D eigenvalue weighted by Gasteiger charge is -2.06. The van der Waals surface area contributed by atoms with Crippen LogP contribution in [0.4, 0.5) is 0 Å². The summed E-state index contributed by atoms with van der Waals surface area (Å²) in [6, 6.07) is 0. The Morgan fingerprint density at radius 3 is 2.05 bits per heavy atom. The average Bonchev–Trinajstić information content (AvgIpc) is 2.35. The van der Waals surface area contributed by atoms with E-state index in [-0.39, 0.29) is 30.5 Å². The Hall–Kier alpha value is -1.50. The second-order valence-corrected chi connectivity index (χ2v) is 4.09. The summed E-state index contributed by atoms with van der Waals surface area (Å²) in [6.07, 6.45) is 1.02. The van der Waals surface area contributed by atoms with Crippen molar-refractivity contribution < 1.29 is 28.6 Å². The Balaban J connectivity index is 4.63. The minimum Gasteiger partial charge on any atom is -0.465 e. The maximum Gasteiger partial charge on any atom is 0.344 e. The van der Waals surface area contributed by atoms with Gasteiger partial charge in [0.15, 0.2) is 0 Å². The van der Waals surface area contributed by atoms with Gasteiger partial charge in [0.2, 0.25) is 0 Å². The molecule has 7 heteroatoms. The first-order chi connectivity index (χ1) is 9.04. The topological polar surface area (TPSA) is 78.9 Å². The van der Waals surface area contributed by atoms with Crippen LogP contribution in [0, 0.1) is 0 Å². The summed E-state index contributed by atoms with van der Waals surface area (Å²) in [4.78, 5) is 34.1. The van der Waals surface area contributed by atoms with Gasteiger partial charge in [0.05, 0.1) is 25.6 Å². The number of rotatable bonds is 8. The SMILES string of the molecule is CCOC(=O)/C=C(\SCC(=O)OCC)C(=O)OCC. The maximum atomic E-state index is 11.6. The van der Waals surface area contributed by atoms with E-state index in [1.807, 2.05) is 0 Å². The molecule has 0 spiro atoms. The molecule has 108 valence electrons. The summed E-state index contributed by atoms with van der Waals surface area (Å²) in [5, 5.41) is 0. The molecule has 0 bridgehead atoms. The monoisotopic (exact) mass is 290 g/mol. The Kier molecular flexibility index (Phi) is 9.60. The predicted molar refractivity (Wildman–Crippen MR) is 70.4 cm³/mol. The molecule has 19 heavy (non-hydrogen) atoms. The lowest BCUT2D eigenvalue weighted by atomic mass is 10.5. The summed E-state index contributed by atoms with van der Waals surface area (Å²) < 4.78 is 14.2. The zero-order valence-corrected chi connectivity index (χ0v) is 12.1. The van der Waals surface area contributed by atoms with Crippen LogP contribution in [0.2, 0.25) is 0 Å². The average molecular weight is 290 g/mol. The van der Waals surface area contributed by atoms with Crippen LogP contribution in [0.1, 0.15) is 20.8 Å². The molecule has 0 saturated carbocycles. The van der Waals surface area contributed by atoms with Crippen molar-refractivity contribution in [1.82, 2.24) is 0 Å². The van der Waals surface area contributed by atoms with Gasteiger partial charge in [-0.1, -0.05) is 0 Å². The van der Waals surface area contributed by atoms with Gasteiger partial charge < -0.3 is 14.2 Å². The highest BCUT2D eigenvalue weighted by Gasteiger charge is 2.16. The Morgan fingerprint density at radius 2 is 1.53 bits per heavy atom. The van der Waals surface area contributed by atoms with Crippen LogP contribution in [0.5, 0.6) is 0 Å². The molecular formula is C12H18O6S. The zero-order valence-electron chi connectivity index (χ0n) is 11.3. The number of carbonyl (C=O) groups is 3. The largest absolute Gasteiger partial charge is 0.465 e. The molecule has 0 aliphatic heterocycles. The Labute approximate surface area is 116 Å². The highest BCUT2D eigenvalue weighted by Crippen LogP contribution is 2.18. The smallest absolute Gasteiger partial charge is 0.344 e. The van der Waals surface area contributed by atoms with Crippen LogP contribution in [-0.4, -0.2) is 43.5 Å². The quantitative estimate of drug-likeness (QED) is 0.378. The van der Waals surface area contributed by atoms with Gasteiger partial charge in [-0.25, -0.2) is 9.59 Å². The van der Waals surface area contributed by atoms with Crippen LogP contribution >= 0.6 is 11.8 Å². The lowest BCUT2D eigenvalue weighted by molar-refractivity contribution is -0.140. The number of carbonyl (C=O) groups excluding carboxylic acids is 3. The van der Waals surface area contributed by atoms with E-state index in [4.69, 9.17) is 14.2 Å². The van der Waals surface area contributed by atoms with Crippen molar-refractivity contribution >= 4 is 29.7 Å². The molecule has 0 unspecified atom stereocenters. The first-order valence-electron chi connectivity index (χ1n) is 5.89. The highest BCUT2D eigenvalue weighted by atomic mass is 32.2. The molecule has 0 aromatic heterocycles. The fourth-order valence-corrected chi connectivity index (χ4v) is 1.71. The van der Waals surface area contributed by atoms with E-state index < -0.39 is 17.9 Å². The summed E-state index contributed by atoms with van der Waals surface area (Å²) in [6.45, 7) is 5.63. The van der Waals surface area contributed by atoms with Crippen molar-refractivity contribution in [2.45, 2.75) is 20.8 Å². The zero-order chi connectivity index (χ0) is 14.7. The molecule has 0 N–H and O–H groups in total. The molecule has 0 heterocycles. The molecule has 0 aromatic carbocycles. The van der Waals surface area contributed by atoms with E-state index in [0.29, 0.717) is 0 Å². The highest BCUT2D eigenvalue weighted by molar-refractivity contribution is 8.04. The van der Waals surface area contributed by atoms with Gasteiger partial charge in [0.25, 0.3) is 0 Å². The molecule has 0 amide bonds. The second kappa shape index (κ2) is 10.4. The number of thioether (sulfide) groups is 1. The predicted octanol–water partition coefficient (Wildman–Crippen LogP) is 1.29. The van der Waals surface area contributed by atoms with E-state index in [1.165, 1.54) is 0 Å². The van der Waals surface area contributed by atoms with Crippen LogP contribution in [-0.2, 0) is 28.6 Å². The molecule has 0 aliphatic carbocycles. The molecule has 0 fully saturated rings. The van der Waals surface area contributed by atoms with Crippen molar-refractivity contribution in [1.29, 1.82) is 0 Å². The fraction of sp³-hybridized carbons (Fsp3) is 0.583. The summed E-state index contributed by atoms with van der Waals surface area (Å²) >= 11 is 0.883. The third kappa shape index (κ3) is 8.25. The Morgan fingerprint density at radius 1 is 0.947 bits per heavy atom. The van der Waals surface area contributed by atoms with Gasteiger partial charge in [-0.15, -0.1) is 11.8 Å². The van der Waals surface area contributed by atoms with Crippen molar-refractivity contribution in [3.8, 4) is 0 Å². The van der Waals surface area contributed by atoms with Gasteiger partial charge in [-0.2, -0.15) is 0 Å². The second-order valence-electron chi connectivity index (χ2n) is 3.07. The molecule has 0 atom stereocenters. The summed E-state index contributed by atoms with van der Waals surface area (Å²) in [7, 11) is 0. The van der Waals surface area contributed by atoms with Crippen LogP contribution < -0.4 is 0 Å². The molecule has 6 nitrogen and oxygen atoms in total. The Bertz CT molecular complexity index is 350. The maximum absolute atomic E-state index is 11.6. The van der Waals surface area contributed by atoms with Crippen molar-refractivity contribution in [3.63, 3.8) is 0 Å². The van der Waals surface area contributed by atoms with Gasteiger partial charge in [-0.05, 0) is 20.8 Å². The molecule has 0 aromatic rings. The summed E-state index contributed by atoms with van der Waals surface area (Å²) in [5.41, 5.74) is 0. The standard InChI is InChI=1S/C12H18O6S/c1-4-16-10(13)7-9(12(15)18-6-3)19-8-11(14)17-5-2/h7H,4-6,8H2,1-3H3/b9-7-. The van der Waals surface area contributed by atoms with Crippen LogP contribution in [0.3, 0.4) is 0 Å². The minimum absolute atomic E-state index is 0.0216. The first-order valence-corrected chi connectivity index (χ1v) is 6.87. The number of hydrogen-bond acceptors (Lipinski definition) is 7. The van der Waals surface area contributed by atoms with Gasteiger partial charge in [0, 0.05) is 6.08 Å². The lowest BCUT2D eigenvalue weighted by Crippen LogP contribution is -2.12. The van der Waals surface area contributed by atoms with E-state index in [9.17, 15) is 14.4 Å². The third-order valence-corrected chi connectivity index (χ3v) is 2.64. The first kappa shape index (κ1) is 17.5. The van der Waals surface area contributed by atoms with Crippen molar-refractivity contribution in [2.24, 2.45) is 0 Å². The molecule has 0 radical (unpaired) electrons. The van der Waals surface area contributed by atoms with Gasteiger partial charge in [0.1, 0.15) is 4.91 Å². The fourth-order valence-electron chi connectivity index (χ4n) is 0.992. The van der Waals surface area contributed by atoms with Gasteiger partial charge in [-0.3, -0.25) is 4.79 Å². The molecular weight excluding hydrogens is 272 g/mol. The summed E-state index contributed by atoms with van der Waals surface area (Å²) in [5.74, 6) is -1.85. The minimum atomic E-state index is -0.662. The third-order valence-electron chi connectivity index (χ3n) is 1.66. The van der Waals surface area contributed by atoms with Crippen LogP contribution in [0.15, 0.2) is 11.0 Å². The van der Waals surface area contributed by atoms with Crippen molar-refractivity contribution in [3.05, 3.63) is 11.0 Å². The van der Waals surface area contributed by atoms with Crippen molar-refractivity contribution in [2.75, 3.05) is 25.6 Å². The number of esters is 3. The number of ether oxygens (including phenoxy) is 3. The number of hydrogen-bond donors (Lipinski definition) is 0. The van der Waals surface area contributed by atoms with E-state index in [2.05, 4.69) is 0 Å². The molecule has 0 saturated heterocycles.